The van der Waals surface area contributed by atoms with Gasteiger partial charge in [-0.05, 0) is 17.7 Å². The Morgan fingerprint density at radius 1 is 1.47 bits per heavy atom. The molecule has 3 nitrogen and oxygen atoms in total. The number of ether oxygens (including phenoxy) is 1. The summed E-state index contributed by atoms with van der Waals surface area (Å²) in [6.07, 6.45) is 0.837. The maximum absolute atomic E-state index is 11.9. The van der Waals surface area contributed by atoms with Gasteiger partial charge in [0.1, 0.15) is 12.0 Å². The zero-order chi connectivity index (χ0) is 11.3. The van der Waals surface area contributed by atoms with E-state index in [1.165, 1.54) is 12.1 Å². The molecular weight excluding hydrogens is 204 g/mol. The van der Waals surface area contributed by atoms with Crippen LogP contribution < -0.4 is 10.5 Å². The molecule has 0 bridgehead atoms. The maximum atomic E-state index is 11.9. The number of nitrogens with two attached hydrogens (primary N) is 1. The molecule has 0 fully saturated rings. The molecule has 0 aliphatic carbocycles. The number of rotatable bonds is 5. The maximum Gasteiger partial charge on any atom is 0.387 e. The second kappa shape index (κ2) is 5.41. The summed E-state index contributed by atoms with van der Waals surface area (Å²) in [6.45, 7) is -2.86. The predicted molar refractivity (Wildman–Crippen MR) is 50.7 cm³/mol. The molecule has 1 rings (SSSR count). The molecule has 0 amide bonds. The van der Waals surface area contributed by atoms with Gasteiger partial charge in [0.2, 0.25) is 0 Å². The molecule has 82 valence electrons. The van der Waals surface area contributed by atoms with Gasteiger partial charge < -0.3 is 15.3 Å². The molecule has 0 heterocycles. The number of halogens is 2. The summed E-state index contributed by atoms with van der Waals surface area (Å²) in [5.41, 5.74) is 6.23. The number of benzene rings is 1. The van der Waals surface area contributed by atoms with Crippen LogP contribution in [0.1, 0.15) is 18.0 Å². The van der Waals surface area contributed by atoms with Crippen molar-refractivity contribution in [1.82, 2.24) is 0 Å². The normalized spacial score (nSPS) is 12.5. The Labute approximate surface area is 85.8 Å². The molecule has 0 saturated carbocycles. The minimum atomic E-state index is -2.86. The molecule has 2 N–H and O–H groups in total. The van der Waals surface area contributed by atoms with Gasteiger partial charge in [0.25, 0.3) is 0 Å². The molecule has 0 saturated heterocycles. The van der Waals surface area contributed by atoms with Crippen molar-refractivity contribution in [3.05, 3.63) is 29.8 Å². The Morgan fingerprint density at radius 3 is 2.80 bits per heavy atom. The lowest BCUT2D eigenvalue weighted by atomic mass is 10.1. The molecular formula is C10H11F2NO2. The number of carbonyl (C=O) groups is 1. The van der Waals surface area contributed by atoms with Crippen molar-refractivity contribution >= 4 is 6.29 Å². The lowest BCUT2D eigenvalue weighted by molar-refractivity contribution is -0.108. The van der Waals surface area contributed by atoms with Crippen molar-refractivity contribution in [2.75, 3.05) is 0 Å². The van der Waals surface area contributed by atoms with Gasteiger partial charge in [-0.2, -0.15) is 8.78 Å². The van der Waals surface area contributed by atoms with E-state index in [1.54, 1.807) is 12.1 Å². The van der Waals surface area contributed by atoms with Gasteiger partial charge >= 0.3 is 6.61 Å². The van der Waals surface area contributed by atoms with Crippen LogP contribution in [0.2, 0.25) is 0 Å². The number of carbonyl (C=O) groups excluding carboxylic acids is 1. The Bertz CT molecular complexity index is 331. The van der Waals surface area contributed by atoms with Crippen LogP contribution in [0.25, 0.3) is 0 Å². The molecule has 0 spiro atoms. The van der Waals surface area contributed by atoms with Gasteiger partial charge in [0, 0.05) is 12.5 Å². The van der Waals surface area contributed by atoms with Crippen molar-refractivity contribution < 1.29 is 18.3 Å². The summed E-state index contributed by atoms with van der Waals surface area (Å²) in [5, 5.41) is 0. The fourth-order valence-electron chi connectivity index (χ4n) is 1.16. The van der Waals surface area contributed by atoms with E-state index in [-0.39, 0.29) is 12.2 Å². The largest absolute Gasteiger partial charge is 0.435 e. The van der Waals surface area contributed by atoms with E-state index in [0.717, 1.165) is 0 Å². The zero-order valence-electron chi connectivity index (χ0n) is 7.90. The monoisotopic (exact) mass is 215 g/mol. The molecule has 0 aliphatic heterocycles. The minimum absolute atomic E-state index is 0.0452. The Kier molecular flexibility index (Phi) is 4.17. The molecule has 0 unspecified atom stereocenters. The van der Waals surface area contributed by atoms with E-state index in [0.29, 0.717) is 11.8 Å². The van der Waals surface area contributed by atoms with Gasteiger partial charge in [0.05, 0.1) is 0 Å². The topological polar surface area (TPSA) is 52.3 Å². The third kappa shape index (κ3) is 3.63. The van der Waals surface area contributed by atoms with E-state index < -0.39 is 12.7 Å². The van der Waals surface area contributed by atoms with E-state index in [9.17, 15) is 13.6 Å². The molecule has 1 aromatic carbocycles. The van der Waals surface area contributed by atoms with Gasteiger partial charge in [-0.25, -0.2) is 0 Å². The van der Waals surface area contributed by atoms with E-state index >= 15 is 0 Å². The average molecular weight is 215 g/mol. The smallest absolute Gasteiger partial charge is 0.387 e. The van der Waals surface area contributed by atoms with Crippen LogP contribution in [0.15, 0.2) is 24.3 Å². The summed E-state index contributed by atoms with van der Waals surface area (Å²) >= 11 is 0. The van der Waals surface area contributed by atoms with Crippen LogP contribution in [0.4, 0.5) is 8.78 Å². The molecule has 0 aromatic heterocycles. The molecule has 1 aromatic rings. The zero-order valence-corrected chi connectivity index (χ0v) is 7.90. The average Bonchev–Trinajstić information content (AvgIpc) is 2.17. The van der Waals surface area contributed by atoms with Gasteiger partial charge in [0.15, 0.2) is 0 Å². The molecule has 15 heavy (non-hydrogen) atoms. The predicted octanol–water partition coefficient (Wildman–Crippen LogP) is 1.88. The van der Waals surface area contributed by atoms with Crippen molar-refractivity contribution in [3.63, 3.8) is 0 Å². The summed E-state index contributed by atoms with van der Waals surface area (Å²) in [6, 6.07) is 5.54. The highest BCUT2D eigenvalue weighted by molar-refractivity contribution is 5.51. The van der Waals surface area contributed by atoms with Crippen LogP contribution in [-0.4, -0.2) is 12.9 Å². The number of hydrogen-bond donors (Lipinski definition) is 1. The first-order valence-corrected chi connectivity index (χ1v) is 4.37. The first kappa shape index (κ1) is 11.6. The van der Waals surface area contributed by atoms with Crippen molar-refractivity contribution in [1.29, 1.82) is 0 Å². The van der Waals surface area contributed by atoms with Crippen LogP contribution in [0, 0.1) is 0 Å². The highest BCUT2D eigenvalue weighted by atomic mass is 19.3. The number of aldehydes is 1. The molecule has 5 heteroatoms. The quantitative estimate of drug-likeness (QED) is 0.763. The summed E-state index contributed by atoms with van der Waals surface area (Å²) in [7, 11) is 0. The first-order chi connectivity index (χ1) is 7.13. The fourth-order valence-corrected chi connectivity index (χ4v) is 1.16. The Morgan fingerprint density at radius 2 is 2.20 bits per heavy atom. The molecule has 0 aliphatic rings. The second-order valence-electron chi connectivity index (χ2n) is 2.96. The summed E-state index contributed by atoms with van der Waals surface area (Å²) in [5.74, 6) is 0.0452. The van der Waals surface area contributed by atoms with E-state index in [1.807, 2.05) is 0 Å². The van der Waals surface area contributed by atoms with Crippen LogP contribution >= 0.6 is 0 Å². The van der Waals surface area contributed by atoms with Gasteiger partial charge in [-0.15, -0.1) is 0 Å². The van der Waals surface area contributed by atoms with Crippen LogP contribution in [-0.2, 0) is 4.79 Å². The third-order valence-corrected chi connectivity index (χ3v) is 1.86. The highest BCUT2D eigenvalue weighted by Crippen LogP contribution is 2.20. The number of hydrogen-bond acceptors (Lipinski definition) is 3. The minimum Gasteiger partial charge on any atom is -0.435 e. The van der Waals surface area contributed by atoms with Gasteiger partial charge in [-0.3, -0.25) is 0 Å². The van der Waals surface area contributed by atoms with Crippen LogP contribution in [0.5, 0.6) is 5.75 Å². The number of alkyl halides is 2. The summed E-state index contributed by atoms with van der Waals surface area (Å²) < 4.78 is 28.0. The first-order valence-electron chi connectivity index (χ1n) is 4.37. The standard InChI is InChI=1S/C10H11F2NO2/c11-10(12)15-8-3-1-2-7(6-8)9(13)4-5-14/h1-3,5-6,9-10H,4,13H2/t9-/m0/s1. The van der Waals surface area contributed by atoms with Gasteiger partial charge in [-0.1, -0.05) is 12.1 Å². The van der Waals surface area contributed by atoms with E-state index in [4.69, 9.17) is 5.73 Å². The Balaban J connectivity index is 2.77. The second-order valence-corrected chi connectivity index (χ2v) is 2.96. The third-order valence-electron chi connectivity index (χ3n) is 1.86. The van der Waals surface area contributed by atoms with Crippen molar-refractivity contribution in [2.24, 2.45) is 5.73 Å². The summed E-state index contributed by atoms with van der Waals surface area (Å²) in [4.78, 5) is 10.2. The lowest BCUT2D eigenvalue weighted by Gasteiger charge is -2.10. The van der Waals surface area contributed by atoms with Crippen molar-refractivity contribution in [2.45, 2.75) is 19.1 Å². The van der Waals surface area contributed by atoms with Crippen LogP contribution in [0.3, 0.4) is 0 Å². The van der Waals surface area contributed by atoms with E-state index in [2.05, 4.69) is 4.74 Å². The molecule has 0 radical (unpaired) electrons. The highest BCUT2D eigenvalue weighted by Gasteiger charge is 2.08. The van der Waals surface area contributed by atoms with Crippen molar-refractivity contribution in [3.8, 4) is 5.75 Å². The fraction of sp³-hybridized carbons (Fsp3) is 0.300. The molecule has 1 atom stereocenters. The Hall–Kier alpha value is -1.49. The lowest BCUT2D eigenvalue weighted by Crippen LogP contribution is -2.11. The SMILES string of the molecule is N[C@@H](CC=O)c1cccc(OC(F)F)c1.